The van der Waals surface area contributed by atoms with Crippen molar-refractivity contribution in [2.75, 3.05) is 6.61 Å². The first-order chi connectivity index (χ1) is 15.5. The smallest absolute Gasteiger partial charge is 0.338 e. The number of esters is 1. The Balaban J connectivity index is 1.30. The molecule has 1 aliphatic carbocycles. The van der Waals surface area contributed by atoms with Gasteiger partial charge in [0, 0.05) is 0 Å². The third kappa shape index (κ3) is 4.99. The summed E-state index contributed by atoms with van der Waals surface area (Å²) in [6.45, 7) is 3.62. The van der Waals surface area contributed by atoms with Gasteiger partial charge < -0.3 is 19.3 Å². The van der Waals surface area contributed by atoms with Crippen LogP contribution in [0.2, 0.25) is 0 Å². The number of aromatic nitrogens is 1. The van der Waals surface area contributed by atoms with Crippen LogP contribution in [0.5, 0.6) is 5.75 Å². The van der Waals surface area contributed by atoms with Gasteiger partial charge in [0.1, 0.15) is 18.1 Å². The molecule has 0 fully saturated rings. The highest BCUT2D eigenvalue weighted by atomic mass is 16.5. The average molecular weight is 434 g/mol. The van der Waals surface area contributed by atoms with Crippen LogP contribution < -0.4 is 10.1 Å². The molecule has 0 bridgehead atoms. The molecule has 1 unspecified atom stereocenters. The second-order valence-corrected chi connectivity index (χ2v) is 7.91. The Bertz CT molecular complexity index is 1100. The van der Waals surface area contributed by atoms with E-state index in [1.165, 1.54) is 5.56 Å². The van der Waals surface area contributed by atoms with E-state index in [1.54, 1.807) is 24.3 Å². The van der Waals surface area contributed by atoms with Crippen molar-refractivity contribution >= 4 is 11.9 Å². The number of amides is 1. The molecule has 0 saturated carbocycles. The van der Waals surface area contributed by atoms with E-state index < -0.39 is 5.97 Å². The van der Waals surface area contributed by atoms with Crippen molar-refractivity contribution in [1.29, 1.82) is 0 Å². The number of carbonyl (C=O) groups excluding carboxylic acids is 2. The first-order valence-corrected chi connectivity index (χ1v) is 10.7. The lowest BCUT2D eigenvalue weighted by Crippen LogP contribution is -2.34. The number of ether oxygens (including phenoxy) is 2. The lowest BCUT2D eigenvalue weighted by Gasteiger charge is -2.26. The molecule has 1 N–H and O–H groups in total. The zero-order chi connectivity index (χ0) is 22.5. The summed E-state index contributed by atoms with van der Waals surface area (Å²) >= 11 is 0. The Morgan fingerprint density at radius 3 is 2.81 bits per heavy atom. The van der Waals surface area contributed by atoms with Gasteiger partial charge in [-0.15, -0.1) is 0 Å². The van der Waals surface area contributed by atoms with Crippen LogP contribution in [0.1, 0.15) is 57.4 Å². The molecule has 7 nitrogen and oxygen atoms in total. The molecule has 1 aliphatic rings. The number of hydrogen-bond donors (Lipinski definition) is 1. The first-order valence-electron chi connectivity index (χ1n) is 10.7. The molecule has 7 heteroatoms. The Morgan fingerprint density at radius 1 is 1.16 bits per heavy atom. The van der Waals surface area contributed by atoms with Gasteiger partial charge in [-0.25, -0.2) is 4.79 Å². The highest BCUT2D eigenvalue weighted by Crippen LogP contribution is 2.29. The van der Waals surface area contributed by atoms with Gasteiger partial charge in [0.25, 0.3) is 5.91 Å². The number of rotatable bonds is 7. The minimum atomic E-state index is -0.577. The lowest BCUT2D eigenvalue weighted by molar-refractivity contribution is -0.125. The van der Waals surface area contributed by atoms with Gasteiger partial charge in [0.05, 0.1) is 22.9 Å². The van der Waals surface area contributed by atoms with Crippen molar-refractivity contribution in [2.24, 2.45) is 0 Å². The molecular formula is C25H26N2O5. The number of fused-ring (bicyclic) bond motifs is 1. The number of nitrogens with one attached hydrogen (secondary N) is 1. The highest BCUT2D eigenvalue weighted by molar-refractivity contribution is 5.91. The zero-order valence-corrected chi connectivity index (χ0v) is 18.2. The van der Waals surface area contributed by atoms with Crippen molar-refractivity contribution in [3.8, 4) is 5.75 Å². The van der Waals surface area contributed by atoms with E-state index in [9.17, 15) is 9.59 Å². The Labute approximate surface area is 186 Å². The molecule has 1 heterocycles. The van der Waals surface area contributed by atoms with Crippen LogP contribution in [0.4, 0.5) is 0 Å². The van der Waals surface area contributed by atoms with Crippen LogP contribution in [0.15, 0.2) is 53.1 Å². The van der Waals surface area contributed by atoms with Gasteiger partial charge in [0.2, 0.25) is 0 Å². The van der Waals surface area contributed by atoms with E-state index in [1.807, 2.05) is 32.0 Å². The van der Waals surface area contributed by atoms with E-state index in [0.717, 1.165) is 36.1 Å². The van der Waals surface area contributed by atoms with E-state index >= 15 is 0 Å². The number of aryl methyl sites for hydroxylation is 3. The lowest BCUT2D eigenvalue weighted by atomic mass is 9.88. The van der Waals surface area contributed by atoms with Crippen LogP contribution in [0.3, 0.4) is 0 Å². The maximum Gasteiger partial charge on any atom is 0.338 e. The summed E-state index contributed by atoms with van der Waals surface area (Å²) in [5.74, 6) is 0.324. The Hall–Kier alpha value is -3.61. The number of benzene rings is 2. The van der Waals surface area contributed by atoms with Gasteiger partial charge >= 0.3 is 5.97 Å². The second-order valence-electron chi connectivity index (χ2n) is 7.91. The minimum absolute atomic E-state index is 0.0489. The molecule has 0 spiro atoms. The molecule has 0 radical (unpaired) electrons. The molecule has 1 amide bonds. The molecule has 32 heavy (non-hydrogen) atoms. The fourth-order valence-corrected chi connectivity index (χ4v) is 3.93. The topological polar surface area (TPSA) is 90.7 Å². The summed E-state index contributed by atoms with van der Waals surface area (Å²) in [6.07, 6.45) is 2.91. The summed E-state index contributed by atoms with van der Waals surface area (Å²) < 4.78 is 16.1. The minimum Gasteiger partial charge on any atom is -0.489 e. The van der Waals surface area contributed by atoms with Crippen LogP contribution in [-0.4, -0.2) is 23.6 Å². The van der Waals surface area contributed by atoms with Gasteiger partial charge in [-0.1, -0.05) is 35.5 Å². The van der Waals surface area contributed by atoms with Crippen molar-refractivity contribution in [3.63, 3.8) is 0 Å². The van der Waals surface area contributed by atoms with Crippen LogP contribution in [0.25, 0.3) is 0 Å². The maximum atomic E-state index is 12.5. The van der Waals surface area contributed by atoms with E-state index in [2.05, 4.69) is 16.5 Å². The third-order valence-corrected chi connectivity index (χ3v) is 5.67. The number of hydrogen-bond acceptors (Lipinski definition) is 6. The van der Waals surface area contributed by atoms with Crippen molar-refractivity contribution in [2.45, 2.75) is 45.8 Å². The van der Waals surface area contributed by atoms with Crippen molar-refractivity contribution < 1.29 is 23.6 Å². The fraction of sp³-hybridized carbons (Fsp3) is 0.320. The molecule has 4 rings (SSSR count). The molecule has 1 atom stereocenters. The van der Waals surface area contributed by atoms with Crippen LogP contribution in [0, 0.1) is 13.8 Å². The van der Waals surface area contributed by atoms with E-state index in [4.69, 9.17) is 14.0 Å². The van der Waals surface area contributed by atoms with Crippen LogP contribution >= 0.6 is 0 Å². The Morgan fingerprint density at radius 2 is 2.00 bits per heavy atom. The summed E-state index contributed by atoms with van der Waals surface area (Å²) in [5, 5.41) is 6.89. The standard InChI is InChI=1S/C25H26N2O5/c1-16-22(17(2)32-27-16)14-30-20-10-5-9-19(13-20)25(29)31-15-24(28)26-23-12-6-8-18-7-3-4-11-21(18)23/h3-5,7,9-11,13,23H,6,8,12,14-15H2,1-2H3,(H,26,28). The average Bonchev–Trinajstić information content (AvgIpc) is 3.13. The molecule has 3 aromatic rings. The molecule has 0 saturated heterocycles. The number of carbonyl (C=O) groups is 2. The zero-order valence-electron chi connectivity index (χ0n) is 18.2. The quantitative estimate of drug-likeness (QED) is 0.560. The first kappa shape index (κ1) is 21.6. The summed E-state index contributed by atoms with van der Waals surface area (Å²) in [5.41, 5.74) is 4.36. The molecule has 0 aliphatic heterocycles. The summed E-state index contributed by atoms with van der Waals surface area (Å²) in [6, 6.07) is 14.7. The van der Waals surface area contributed by atoms with Gasteiger partial charge in [-0.2, -0.15) is 0 Å². The summed E-state index contributed by atoms with van der Waals surface area (Å²) in [7, 11) is 0. The fourth-order valence-electron chi connectivity index (χ4n) is 3.93. The predicted octanol–water partition coefficient (Wildman–Crippen LogP) is 4.22. The third-order valence-electron chi connectivity index (χ3n) is 5.67. The van der Waals surface area contributed by atoms with Crippen molar-refractivity contribution in [1.82, 2.24) is 10.5 Å². The maximum absolute atomic E-state index is 12.5. The molecular weight excluding hydrogens is 408 g/mol. The molecule has 1 aromatic heterocycles. The van der Waals surface area contributed by atoms with Gasteiger partial charge in [0.15, 0.2) is 6.61 Å². The van der Waals surface area contributed by atoms with Gasteiger partial charge in [-0.3, -0.25) is 4.79 Å². The van der Waals surface area contributed by atoms with Crippen LogP contribution in [-0.2, 0) is 22.6 Å². The summed E-state index contributed by atoms with van der Waals surface area (Å²) in [4.78, 5) is 24.8. The molecule has 2 aromatic carbocycles. The Kier molecular flexibility index (Phi) is 6.54. The van der Waals surface area contributed by atoms with E-state index in [0.29, 0.717) is 17.1 Å². The predicted molar refractivity (Wildman–Crippen MR) is 117 cm³/mol. The SMILES string of the molecule is Cc1noc(C)c1COc1cccc(C(=O)OCC(=O)NC2CCCc3ccccc32)c1. The monoisotopic (exact) mass is 434 g/mol. The normalized spacial score (nSPS) is 15.0. The number of nitrogens with zero attached hydrogens (tertiary/aromatic N) is 1. The van der Waals surface area contributed by atoms with Gasteiger partial charge in [-0.05, 0) is 62.4 Å². The van der Waals surface area contributed by atoms with Crippen molar-refractivity contribution in [3.05, 3.63) is 82.2 Å². The highest BCUT2D eigenvalue weighted by Gasteiger charge is 2.22. The van der Waals surface area contributed by atoms with E-state index in [-0.39, 0.29) is 25.2 Å². The largest absolute Gasteiger partial charge is 0.489 e. The second kappa shape index (κ2) is 9.68. The molecule has 166 valence electrons.